The van der Waals surface area contributed by atoms with Crippen LogP contribution in [0.2, 0.25) is 0 Å². The van der Waals surface area contributed by atoms with E-state index in [-0.39, 0.29) is 11.9 Å². The second kappa shape index (κ2) is 4.52. The van der Waals surface area contributed by atoms with Gasteiger partial charge in [0.15, 0.2) is 0 Å². The van der Waals surface area contributed by atoms with E-state index in [1.165, 1.54) is 17.6 Å². The summed E-state index contributed by atoms with van der Waals surface area (Å²) >= 11 is 0. The van der Waals surface area contributed by atoms with Gasteiger partial charge in [-0.05, 0) is 44.2 Å². The van der Waals surface area contributed by atoms with Crippen LogP contribution >= 0.6 is 0 Å². The largest absolute Gasteiger partial charge is 0.431 e. The Morgan fingerprint density at radius 1 is 1.11 bits per heavy atom. The Hall–Kier alpha value is -1.57. The molecule has 1 aromatic carbocycles. The Labute approximate surface area is 114 Å². The third-order valence-electron chi connectivity index (χ3n) is 4.40. The first-order valence-corrected chi connectivity index (χ1v) is 7.10. The van der Waals surface area contributed by atoms with Gasteiger partial charge in [0.2, 0.25) is 0 Å². The Balaban J connectivity index is 2.13. The van der Waals surface area contributed by atoms with Crippen molar-refractivity contribution in [3.8, 4) is 0 Å². The molecule has 1 atom stereocenters. The molecule has 0 N–H and O–H groups in total. The Kier molecular flexibility index (Phi) is 2.96. The van der Waals surface area contributed by atoms with Gasteiger partial charge < -0.3 is 4.74 Å². The quantitative estimate of drug-likeness (QED) is 0.704. The predicted octanol–water partition coefficient (Wildman–Crippen LogP) is 4.18. The van der Waals surface area contributed by atoms with Crippen LogP contribution in [0.5, 0.6) is 0 Å². The van der Waals surface area contributed by atoms with E-state index in [1.807, 2.05) is 19.9 Å². The van der Waals surface area contributed by atoms with Crippen LogP contribution in [0.15, 0.2) is 41.7 Å². The van der Waals surface area contributed by atoms with Gasteiger partial charge in [-0.1, -0.05) is 30.3 Å². The standard InChI is InChI=1S/C17H20O2/c1-17(2)15(12-8-4-3-5-9-12)13-10-6-7-11-14(13)19-16(17)18/h3-5,8-9,15H,6-7,10-11H2,1-2H3. The van der Waals surface area contributed by atoms with E-state index in [2.05, 4.69) is 24.3 Å². The highest BCUT2D eigenvalue weighted by molar-refractivity contribution is 5.81. The molecule has 1 aliphatic carbocycles. The summed E-state index contributed by atoms with van der Waals surface area (Å²) in [5.41, 5.74) is 2.11. The maximum absolute atomic E-state index is 12.3. The van der Waals surface area contributed by atoms with Crippen molar-refractivity contribution in [2.45, 2.75) is 45.4 Å². The van der Waals surface area contributed by atoms with Crippen LogP contribution < -0.4 is 0 Å². The van der Waals surface area contributed by atoms with Gasteiger partial charge in [-0.15, -0.1) is 0 Å². The first-order chi connectivity index (χ1) is 9.10. The lowest BCUT2D eigenvalue weighted by atomic mass is 9.67. The molecule has 1 aromatic rings. The summed E-state index contributed by atoms with van der Waals surface area (Å²) in [5.74, 6) is 1.04. The minimum absolute atomic E-state index is 0.0815. The highest BCUT2D eigenvalue weighted by atomic mass is 16.5. The number of rotatable bonds is 1. The molecule has 2 aliphatic rings. The molecule has 0 amide bonds. The third kappa shape index (κ3) is 1.99. The summed E-state index contributed by atoms with van der Waals surface area (Å²) in [7, 11) is 0. The normalized spacial score (nSPS) is 25.8. The zero-order chi connectivity index (χ0) is 13.5. The highest BCUT2D eigenvalue weighted by Gasteiger charge is 2.46. The Bertz CT molecular complexity index is 525. The molecule has 0 radical (unpaired) electrons. The van der Waals surface area contributed by atoms with Crippen LogP contribution in [0.3, 0.4) is 0 Å². The van der Waals surface area contributed by atoms with E-state index < -0.39 is 5.41 Å². The minimum Gasteiger partial charge on any atom is -0.431 e. The molecule has 0 aromatic heterocycles. The van der Waals surface area contributed by atoms with E-state index >= 15 is 0 Å². The van der Waals surface area contributed by atoms with Gasteiger partial charge in [0.05, 0.1) is 5.41 Å². The molecule has 1 unspecified atom stereocenters. The lowest BCUT2D eigenvalue weighted by molar-refractivity contribution is -0.153. The third-order valence-corrected chi connectivity index (χ3v) is 4.40. The van der Waals surface area contributed by atoms with E-state index in [4.69, 9.17) is 4.74 Å². The summed E-state index contributed by atoms with van der Waals surface area (Å²) in [4.78, 5) is 12.3. The average Bonchev–Trinajstić information content (AvgIpc) is 2.41. The molecule has 0 saturated carbocycles. The van der Waals surface area contributed by atoms with Gasteiger partial charge in [0.1, 0.15) is 5.76 Å². The first-order valence-electron chi connectivity index (χ1n) is 7.10. The zero-order valence-corrected chi connectivity index (χ0v) is 11.6. The minimum atomic E-state index is -0.475. The summed E-state index contributed by atoms with van der Waals surface area (Å²) < 4.78 is 5.60. The monoisotopic (exact) mass is 256 g/mol. The molecule has 2 heteroatoms. The fourth-order valence-electron chi connectivity index (χ4n) is 3.38. The van der Waals surface area contributed by atoms with E-state index in [9.17, 15) is 4.79 Å². The average molecular weight is 256 g/mol. The fraction of sp³-hybridized carbons (Fsp3) is 0.471. The summed E-state index contributed by atoms with van der Waals surface area (Å²) in [6.45, 7) is 4.01. The van der Waals surface area contributed by atoms with E-state index in [0.29, 0.717) is 0 Å². The van der Waals surface area contributed by atoms with Gasteiger partial charge in [0, 0.05) is 12.3 Å². The topological polar surface area (TPSA) is 26.3 Å². The second-order valence-electron chi connectivity index (χ2n) is 6.11. The number of allylic oxidation sites excluding steroid dienone is 2. The first kappa shape index (κ1) is 12.5. The summed E-state index contributed by atoms with van der Waals surface area (Å²) in [6, 6.07) is 10.4. The highest BCUT2D eigenvalue weighted by Crippen LogP contribution is 2.50. The van der Waals surface area contributed by atoms with Crippen LogP contribution in [0.4, 0.5) is 0 Å². The van der Waals surface area contributed by atoms with E-state index in [1.54, 1.807) is 0 Å². The van der Waals surface area contributed by atoms with Crippen LogP contribution in [0.1, 0.15) is 51.0 Å². The Morgan fingerprint density at radius 3 is 2.53 bits per heavy atom. The molecule has 1 heterocycles. The lowest BCUT2D eigenvalue weighted by Gasteiger charge is -2.41. The number of hydrogen-bond donors (Lipinski definition) is 0. The molecule has 3 rings (SSSR count). The van der Waals surface area contributed by atoms with Gasteiger partial charge in [-0.2, -0.15) is 0 Å². The van der Waals surface area contributed by atoms with E-state index in [0.717, 1.165) is 25.0 Å². The molecule has 0 bridgehead atoms. The molecular weight excluding hydrogens is 236 g/mol. The van der Waals surface area contributed by atoms with Crippen molar-refractivity contribution in [3.63, 3.8) is 0 Å². The molecule has 19 heavy (non-hydrogen) atoms. The predicted molar refractivity (Wildman–Crippen MR) is 74.6 cm³/mol. The van der Waals surface area contributed by atoms with Gasteiger partial charge in [0.25, 0.3) is 0 Å². The fourth-order valence-corrected chi connectivity index (χ4v) is 3.38. The van der Waals surface area contributed by atoms with Crippen molar-refractivity contribution >= 4 is 5.97 Å². The number of carbonyl (C=O) groups is 1. The molecule has 0 spiro atoms. The molecule has 2 nitrogen and oxygen atoms in total. The molecule has 100 valence electrons. The molecule has 0 saturated heterocycles. The maximum atomic E-state index is 12.3. The van der Waals surface area contributed by atoms with Gasteiger partial charge in [-0.3, -0.25) is 4.79 Å². The number of ether oxygens (including phenoxy) is 1. The van der Waals surface area contributed by atoms with Crippen LogP contribution in [0.25, 0.3) is 0 Å². The lowest BCUT2D eigenvalue weighted by Crippen LogP contribution is -2.39. The molecular formula is C17H20O2. The molecule has 1 aliphatic heterocycles. The van der Waals surface area contributed by atoms with Crippen molar-refractivity contribution in [3.05, 3.63) is 47.2 Å². The maximum Gasteiger partial charge on any atom is 0.317 e. The number of benzene rings is 1. The SMILES string of the molecule is CC1(C)C(=O)OC2=C(CCCC2)C1c1ccccc1. The second-order valence-corrected chi connectivity index (χ2v) is 6.11. The van der Waals surface area contributed by atoms with Crippen molar-refractivity contribution in [2.75, 3.05) is 0 Å². The van der Waals surface area contributed by atoms with Crippen LogP contribution in [0, 0.1) is 5.41 Å². The number of hydrogen-bond acceptors (Lipinski definition) is 2. The Morgan fingerprint density at radius 2 is 1.79 bits per heavy atom. The number of carbonyl (C=O) groups excluding carboxylic acids is 1. The molecule has 0 fully saturated rings. The van der Waals surface area contributed by atoms with Crippen molar-refractivity contribution in [2.24, 2.45) is 5.41 Å². The van der Waals surface area contributed by atoms with Crippen LogP contribution in [-0.2, 0) is 9.53 Å². The zero-order valence-electron chi connectivity index (χ0n) is 11.6. The van der Waals surface area contributed by atoms with Crippen molar-refractivity contribution in [1.29, 1.82) is 0 Å². The van der Waals surface area contributed by atoms with Gasteiger partial charge >= 0.3 is 5.97 Å². The van der Waals surface area contributed by atoms with Crippen molar-refractivity contribution < 1.29 is 9.53 Å². The smallest absolute Gasteiger partial charge is 0.317 e. The van der Waals surface area contributed by atoms with Gasteiger partial charge in [-0.25, -0.2) is 0 Å². The number of esters is 1. The summed E-state index contributed by atoms with van der Waals surface area (Å²) in [6.07, 6.45) is 4.32. The van der Waals surface area contributed by atoms with Crippen molar-refractivity contribution in [1.82, 2.24) is 0 Å². The van der Waals surface area contributed by atoms with Crippen LogP contribution in [-0.4, -0.2) is 5.97 Å². The summed E-state index contributed by atoms with van der Waals surface area (Å²) in [5, 5.41) is 0.